The van der Waals surface area contributed by atoms with E-state index in [0.717, 1.165) is 16.6 Å². The average molecular weight is 360 g/mol. The fourth-order valence-electron chi connectivity index (χ4n) is 2.59. The van der Waals surface area contributed by atoms with Gasteiger partial charge in [-0.25, -0.2) is 17.2 Å². The summed E-state index contributed by atoms with van der Waals surface area (Å²) in [5.74, 6) is -0.839. The summed E-state index contributed by atoms with van der Waals surface area (Å²) < 4.78 is 33.0. The Labute approximate surface area is 144 Å². The normalized spacial score (nSPS) is 11.6. The molecule has 0 aliphatic carbocycles. The van der Waals surface area contributed by atoms with Gasteiger partial charge in [0.25, 0.3) is 15.6 Å². The number of aryl methyl sites for hydroxylation is 2. The van der Waals surface area contributed by atoms with Gasteiger partial charge in [0.1, 0.15) is 11.2 Å². The van der Waals surface area contributed by atoms with Crippen molar-refractivity contribution in [2.24, 2.45) is 7.05 Å². The van der Waals surface area contributed by atoms with Crippen LogP contribution in [0.2, 0.25) is 0 Å². The van der Waals surface area contributed by atoms with Gasteiger partial charge in [-0.15, -0.1) is 0 Å². The highest BCUT2D eigenvalue weighted by Crippen LogP contribution is 2.24. The molecule has 8 heteroatoms. The van der Waals surface area contributed by atoms with Crippen LogP contribution in [0.15, 0.2) is 52.3 Å². The first-order valence-electron chi connectivity index (χ1n) is 7.39. The minimum atomic E-state index is -4.16. The van der Waals surface area contributed by atoms with E-state index in [2.05, 4.69) is 0 Å². The number of nitrogens with zero attached hydrogens (tertiary/aromatic N) is 2. The Morgan fingerprint density at radius 3 is 2.36 bits per heavy atom. The minimum absolute atomic E-state index is 0.0216. The van der Waals surface area contributed by atoms with Crippen LogP contribution in [-0.2, 0) is 21.8 Å². The molecule has 0 unspecified atom stereocenters. The van der Waals surface area contributed by atoms with Crippen molar-refractivity contribution in [1.29, 1.82) is 0 Å². The standard InChI is InChI=1S/C17H16N2O5S/c1-11-4-6-13(7-5-11)25(22,23)19-14(17(21)24-3)10-12-8-9-18(2)16(20)15(12)19/h4-10H,1-3H3. The summed E-state index contributed by atoms with van der Waals surface area (Å²) in [4.78, 5) is 24.6. The predicted octanol–water partition coefficient (Wildman–Crippen LogP) is 1.67. The Balaban J connectivity index is 2.44. The van der Waals surface area contributed by atoms with E-state index < -0.39 is 21.6 Å². The number of ether oxygens (including phenoxy) is 1. The molecule has 0 bridgehead atoms. The molecule has 0 fully saturated rings. The lowest BCUT2D eigenvalue weighted by Crippen LogP contribution is -2.25. The lowest BCUT2D eigenvalue weighted by molar-refractivity contribution is 0.0593. The quantitative estimate of drug-likeness (QED) is 0.663. The van der Waals surface area contributed by atoms with E-state index in [1.807, 2.05) is 6.92 Å². The predicted molar refractivity (Wildman–Crippen MR) is 92.3 cm³/mol. The molecular formula is C17H16N2O5S. The number of benzene rings is 1. The van der Waals surface area contributed by atoms with Gasteiger partial charge in [0, 0.05) is 18.6 Å². The first kappa shape index (κ1) is 17.0. The van der Waals surface area contributed by atoms with Crippen LogP contribution in [0.25, 0.3) is 10.9 Å². The van der Waals surface area contributed by atoms with E-state index >= 15 is 0 Å². The number of carbonyl (C=O) groups is 1. The molecule has 0 N–H and O–H groups in total. The smallest absolute Gasteiger partial charge is 0.355 e. The largest absolute Gasteiger partial charge is 0.464 e. The number of hydrogen-bond acceptors (Lipinski definition) is 5. The molecule has 0 aliphatic rings. The van der Waals surface area contributed by atoms with Crippen LogP contribution in [0.5, 0.6) is 0 Å². The summed E-state index contributed by atoms with van der Waals surface area (Å²) >= 11 is 0. The summed E-state index contributed by atoms with van der Waals surface area (Å²) in [5.41, 5.74) is 0.0520. The molecule has 0 radical (unpaired) electrons. The number of pyridine rings is 1. The Kier molecular flexibility index (Phi) is 4.00. The van der Waals surface area contributed by atoms with Crippen molar-refractivity contribution < 1.29 is 17.9 Å². The van der Waals surface area contributed by atoms with Crippen LogP contribution in [0.4, 0.5) is 0 Å². The van der Waals surface area contributed by atoms with Gasteiger partial charge in [-0.1, -0.05) is 17.7 Å². The van der Waals surface area contributed by atoms with Crippen LogP contribution in [0.3, 0.4) is 0 Å². The van der Waals surface area contributed by atoms with E-state index in [1.165, 1.54) is 36.0 Å². The maximum absolute atomic E-state index is 13.1. The maximum Gasteiger partial charge on any atom is 0.355 e. The van der Waals surface area contributed by atoms with Gasteiger partial charge >= 0.3 is 5.97 Å². The first-order chi connectivity index (χ1) is 11.8. The highest BCUT2D eigenvalue weighted by atomic mass is 32.2. The molecule has 0 saturated carbocycles. The monoisotopic (exact) mass is 360 g/mol. The molecule has 130 valence electrons. The number of hydrogen-bond donors (Lipinski definition) is 0. The SMILES string of the molecule is COC(=O)c1cc2ccn(C)c(=O)c2n1S(=O)(=O)c1ccc(C)cc1. The zero-order valence-corrected chi connectivity index (χ0v) is 14.7. The highest BCUT2D eigenvalue weighted by Gasteiger charge is 2.28. The minimum Gasteiger partial charge on any atom is -0.464 e. The summed E-state index contributed by atoms with van der Waals surface area (Å²) in [7, 11) is -1.50. The van der Waals surface area contributed by atoms with E-state index in [1.54, 1.807) is 18.2 Å². The molecule has 3 rings (SSSR count). The molecule has 2 heterocycles. The summed E-state index contributed by atoms with van der Waals surface area (Å²) in [6, 6.07) is 9.08. The van der Waals surface area contributed by atoms with Crippen LogP contribution >= 0.6 is 0 Å². The van der Waals surface area contributed by atoms with Crippen molar-refractivity contribution in [2.75, 3.05) is 7.11 Å². The molecule has 0 atom stereocenters. The first-order valence-corrected chi connectivity index (χ1v) is 8.83. The Morgan fingerprint density at radius 2 is 1.76 bits per heavy atom. The van der Waals surface area contributed by atoms with Gasteiger partial charge in [0.15, 0.2) is 0 Å². The van der Waals surface area contributed by atoms with E-state index in [4.69, 9.17) is 4.74 Å². The van der Waals surface area contributed by atoms with Crippen molar-refractivity contribution in [3.05, 3.63) is 64.2 Å². The third kappa shape index (κ3) is 2.64. The third-order valence-corrected chi connectivity index (χ3v) is 5.67. The van der Waals surface area contributed by atoms with Gasteiger partial charge in [0.2, 0.25) is 0 Å². The number of carbonyl (C=O) groups excluding carboxylic acids is 1. The second-order valence-corrected chi connectivity index (χ2v) is 7.43. The molecule has 3 aromatic rings. The van der Waals surface area contributed by atoms with Crippen LogP contribution in [0.1, 0.15) is 16.1 Å². The van der Waals surface area contributed by atoms with Crippen LogP contribution in [-0.4, -0.2) is 30.0 Å². The van der Waals surface area contributed by atoms with E-state index in [-0.39, 0.29) is 16.1 Å². The fraction of sp³-hybridized carbons (Fsp3) is 0.176. The lowest BCUT2D eigenvalue weighted by atomic mass is 10.2. The molecule has 7 nitrogen and oxygen atoms in total. The summed E-state index contributed by atoms with van der Waals surface area (Å²) in [5, 5.41) is 0.346. The fourth-order valence-corrected chi connectivity index (χ4v) is 4.09. The number of methoxy groups -OCH3 is 1. The van der Waals surface area contributed by atoms with Gasteiger partial charge in [-0.05, 0) is 31.2 Å². The average Bonchev–Trinajstić information content (AvgIpc) is 2.99. The molecule has 0 amide bonds. The van der Waals surface area contributed by atoms with E-state index in [0.29, 0.717) is 5.39 Å². The Hall–Kier alpha value is -2.87. The summed E-state index contributed by atoms with van der Waals surface area (Å²) in [6.07, 6.45) is 1.51. The van der Waals surface area contributed by atoms with Crippen LogP contribution in [0, 0.1) is 6.92 Å². The second kappa shape index (κ2) is 5.89. The number of fused-ring (bicyclic) bond motifs is 1. The highest BCUT2D eigenvalue weighted by molar-refractivity contribution is 7.90. The van der Waals surface area contributed by atoms with Crippen LogP contribution < -0.4 is 5.56 Å². The molecular weight excluding hydrogens is 344 g/mol. The van der Waals surface area contributed by atoms with Gasteiger partial charge in [0.05, 0.1) is 12.0 Å². The van der Waals surface area contributed by atoms with Gasteiger partial charge in [-0.3, -0.25) is 4.79 Å². The van der Waals surface area contributed by atoms with E-state index in [9.17, 15) is 18.0 Å². The maximum atomic E-state index is 13.1. The molecule has 0 saturated heterocycles. The lowest BCUT2D eigenvalue weighted by Gasteiger charge is -2.11. The molecule has 0 aliphatic heterocycles. The van der Waals surface area contributed by atoms with Crippen molar-refractivity contribution >= 4 is 26.9 Å². The van der Waals surface area contributed by atoms with Crippen molar-refractivity contribution in [3.8, 4) is 0 Å². The zero-order valence-electron chi connectivity index (χ0n) is 13.9. The number of esters is 1. The van der Waals surface area contributed by atoms with Crippen molar-refractivity contribution in [2.45, 2.75) is 11.8 Å². The van der Waals surface area contributed by atoms with Crippen molar-refractivity contribution in [1.82, 2.24) is 8.54 Å². The molecule has 0 spiro atoms. The third-order valence-electron chi connectivity index (χ3n) is 3.94. The van der Waals surface area contributed by atoms with Gasteiger partial charge in [-0.2, -0.15) is 0 Å². The molecule has 1 aromatic carbocycles. The molecule has 25 heavy (non-hydrogen) atoms. The molecule has 2 aromatic heterocycles. The Morgan fingerprint density at radius 1 is 1.12 bits per heavy atom. The number of rotatable bonds is 3. The Bertz CT molecular complexity index is 1140. The van der Waals surface area contributed by atoms with Crippen molar-refractivity contribution in [3.63, 3.8) is 0 Å². The number of aromatic nitrogens is 2. The zero-order chi connectivity index (χ0) is 18.4. The topological polar surface area (TPSA) is 87.4 Å². The van der Waals surface area contributed by atoms with Gasteiger partial charge < -0.3 is 9.30 Å². The second-order valence-electron chi connectivity index (χ2n) is 5.64. The summed E-state index contributed by atoms with van der Waals surface area (Å²) in [6.45, 7) is 1.83.